The van der Waals surface area contributed by atoms with Crippen LogP contribution in [-0.2, 0) is 0 Å². The molecular weight excluding hydrogens is 440 g/mol. The SMILES string of the molecule is Oc1cc2c(cc1O)c1c3ccc(O)c(O)c3c3cc(O)c(O)cc3c1c1ccc(O)c(O)c21. The molecule has 8 heteroatoms. The third-order valence-corrected chi connectivity index (χ3v) is 6.41. The van der Waals surface area contributed by atoms with Crippen LogP contribution in [0.2, 0.25) is 0 Å². The van der Waals surface area contributed by atoms with Gasteiger partial charge in [-0.1, -0.05) is 0 Å². The molecule has 0 atom stereocenters. The lowest BCUT2D eigenvalue weighted by Crippen LogP contribution is -1.90. The van der Waals surface area contributed by atoms with Crippen LogP contribution in [0.15, 0.2) is 48.5 Å². The van der Waals surface area contributed by atoms with Gasteiger partial charge in [-0.25, -0.2) is 0 Å². The van der Waals surface area contributed by atoms with Crippen molar-refractivity contribution in [1.82, 2.24) is 0 Å². The minimum atomic E-state index is -0.445. The van der Waals surface area contributed by atoms with Gasteiger partial charge in [0.05, 0.1) is 0 Å². The van der Waals surface area contributed by atoms with E-state index >= 15 is 0 Å². The van der Waals surface area contributed by atoms with Crippen LogP contribution in [0.5, 0.6) is 46.0 Å². The average molecular weight is 456 g/mol. The lowest BCUT2D eigenvalue weighted by molar-refractivity contribution is 0.404. The average Bonchev–Trinajstić information content (AvgIpc) is 2.80. The Hall–Kier alpha value is -4.98. The fourth-order valence-electron chi connectivity index (χ4n) is 4.93. The summed E-state index contributed by atoms with van der Waals surface area (Å²) >= 11 is 0. The highest BCUT2D eigenvalue weighted by molar-refractivity contribution is 6.41. The Kier molecular flexibility index (Phi) is 3.64. The molecule has 0 saturated heterocycles. The first-order chi connectivity index (χ1) is 16.2. The zero-order valence-corrected chi connectivity index (χ0v) is 17.2. The smallest absolute Gasteiger partial charge is 0.166 e. The van der Waals surface area contributed by atoms with Gasteiger partial charge in [0, 0.05) is 10.8 Å². The predicted molar refractivity (Wildman–Crippen MR) is 127 cm³/mol. The van der Waals surface area contributed by atoms with Crippen molar-refractivity contribution in [3.05, 3.63) is 48.5 Å². The number of hydrogen-bond acceptors (Lipinski definition) is 8. The molecule has 0 aromatic heterocycles. The van der Waals surface area contributed by atoms with Crippen LogP contribution < -0.4 is 0 Å². The third-order valence-electron chi connectivity index (χ3n) is 6.41. The Balaban J connectivity index is 2.12. The van der Waals surface area contributed by atoms with Crippen molar-refractivity contribution in [2.24, 2.45) is 0 Å². The lowest BCUT2D eigenvalue weighted by Gasteiger charge is -2.19. The first-order valence-electron chi connectivity index (χ1n) is 10.2. The van der Waals surface area contributed by atoms with Gasteiger partial charge in [-0.05, 0) is 91.6 Å². The van der Waals surface area contributed by atoms with Crippen LogP contribution in [0.4, 0.5) is 0 Å². The molecule has 0 spiro atoms. The molecule has 0 unspecified atom stereocenters. The van der Waals surface area contributed by atoms with Gasteiger partial charge < -0.3 is 40.9 Å². The molecule has 34 heavy (non-hydrogen) atoms. The van der Waals surface area contributed by atoms with Crippen molar-refractivity contribution >= 4 is 53.9 Å². The first kappa shape index (κ1) is 19.7. The van der Waals surface area contributed by atoms with E-state index in [1.54, 1.807) is 12.1 Å². The normalized spacial score (nSPS) is 11.9. The van der Waals surface area contributed by atoms with Crippen molar-refractivity contribution in [3.8, 4) is 46.0 Å². The fourth-order valence-corrected chi connectivity index (χ4v) is 4.93. The monoisotopic (exact) mass is 456 g/mol. The molecule has 0 bridgehead atoms. The molecule has 0 fully saturated rings. The summed E-state index contributed by atoms with van der Waals surface area (Å²) in [6, 6.07) is 10.8. The second kappa shape index (κ2) is 6.29. The first-order valence-corrected chi connectivity index (χ1v) is 10.2. The summed E-state index contributed by atoms with van der Waals surface area (Å²) in [5.74, 6) is -3.43. The second-order valence-electron chi connectivity index (χ2n) is 8.23. The van der Waals surface area contributed by atoms with Crippen LogP contribution >= 0.6 is 0 Å². The van der Waals surface area contributed by atoms with Gasteiger partial charge in [-0.2, -0.15) is 0 Å². The van der Waals surface area contributed by atoms with Crippen molar-refractivity contribution in [2.75, 3.05) is 0 Å². The van der Waals surface area contributed by atoms with E-state index in [-0.39, 0.29) is 10.8 Å². The Morgan fingerprint density at radius 1 is 0.294 bits per heavy atom. The van der Waals surface area contributed by atoms with Crippen molar-refractivity contribution in [2.45, 2.75) is 0 Å². The quantitative estimate of drug-likeness (QED) is 0.116. The predicted octanol–water partition coefficient (Wildman–Crippen LogP) is 5.10. The standard InChI is InChI=1S/C26H16O8/c27-15-3-1-9-21-11-5-17(29)20(32)8-14(11)24-10(2-4-16(28)26(24)34)22(21)12-6-18(30)19(31)7-13(12)23(9)25(15)33/h1-8,27-34H. The Bertz CT molecular complexity index is 1750. The van der Waals surface area contributed by atoms with Crippen LogP contribution in [0.25, 0.3) is 53.9 Å². The maximum Gasteiger partial charge on any atom is 0.166 e. The number of phenolic OH excluding ortho intramolecular Hbond substituents is 8. The summed E-state index contributed by atoms with van der Waals surface area (Å²) in [6.07, 6.45) is 0. The van der Waals surface area contributed by atoms with E-state index in [0.29, 0.717) is 43.1 Å². The van der Waals surface area contributed by atoms with Crippen molar-refractivity contribution in [1.29, 1.82) is 0 Å². The van der Waals surface area contributed by atoms with Crippen LogP contribution in [-0.4, -0.2) is 40.9 Å². The van der Waals surface area contributed by atoms with Gasteiger partial charge in [0.25, 0.3) is 0 Å². The summed E-state index contributed by atoms with van der Waals surface area (Å²) in [4.78, 5) is 0. The number of fused-ring (bicyclic) bond motifs is 11. The minimum Gasteiger partial charge on any atom is -0.504 e. The molecule has 0 amide bonds. The van der Waals surface area contributed by atoms with Crippen molar-refractivity contribution < 1.29 is 40.9 Å². The maximum atomic E-state index is 10.8. The van der Waals surface area contributed by atoms with E-state index in [9.17, 15) is 40.9 Å². The number of aromatic hydroxyl groups is 8. The second-order valence-corrected chi connectivity index (χ2v) is 8.23. The molecule has 0 aliphatic rings. The van der Waals surface area contributed by atoms with Gasteiger partial charge in [-0.15, -0.1) is 0 Å². The highest BCUT2D eigenvalue weighted by Gasteiger charge is 2.23. The molecule has 6 aromatic rings. The molecule has 0 heterocycles. The van der Waals surface area contributed by atoms with E-state index in [0.717, 1.165) is 0 Å². The van der Waals surface area contributed by atoms with E-state index in [1.165, 1.54) is 36.4 Å². The topological polar surface area (TPSA) is 162 Å². The summed E-state index contributed by atoms with van der Waals surface area (Å²) in [5.41, 5.74) is 0. The van der Waals surface area contributed by atoms with Gasteiger partial charge in [-0.3, -0.25) is 0 Å². The molecule has 6 aromatic carbocycles. The molecule has 0 saturated carbocycles. The summed E-state index contributed by atoms with van der Waals surface area (Å²) in [5, 5.41) is 86.6. The minimum absolute atomic E-state index is 0.189. The number of rotatable bonds is 0. The third kappa shape index (κ3) is 2.31. The zero-order valence-electron chi connectivity index (χ0n) is 17.2. The zero-order chi connectivity index (χ0) is 24.0. The number of phenols is 8. The van der Waals surface area contributed by atoms with E-state index in [1.807, 2.05) is 0 Å². The number of benzene rings is 6. The Morgan fingerprint density at radius 3 is 0.912 bits per heavy atom. The van der Waals surface area contributed by atoms with Gasteiger partial charge in [0.15, 0.2) is 46.0 Å². The molecule has 0 radical (unpaired) electrons. The van der Waals surface area contributed by atoms with Crippen LogP contribution in [0.3, 0.4) is 0 Å². The Labute approximate surface area is 189 Å². The Morgan fingerprint density at radius 2 is 0.588 bits per heavy atom. The largest absolute Gasteiger partial charge is 0.504 e. The molecule has 6 rings (SSSR count). The van der Waals surface area contributed by atoms with Gasteiger partial charge in [0.1, 0.15) is 0 Å². The summed E-state index contributed by atoms with van der Waals surface area (Å²) in [7, 11) is 0. The molecular formula is C26H16O8. The van der Waals surface area contributed by atoms with Crippen LogP contribution in [0.1, 0.15) is 0 Å². The molecule has 168 valence electrons. The molecule has 8 nitrogen and oxygen atoms in total. The number of hydrogen-bond donors (Lipinski definition) is 8. The van der Waals surface area contributed by atoms with Crippen LogP contribution in [0, 0.1) is 0 Å². The lowest BCUT2D eigenvalue weighted by atomic mass is 9.86. The molecule has 8 N–H and O–H groups in total. The molecule has 0 aliphatic carbocycles. The fraction of sp³-hybridized carbons (Fsp3) is 0. The summed E-state index contributed by atoms with van der Waals surface area (Å²) < 4.78 is 0. The summed E-state index contributed by atoms with van der Waals surface area (Å²) in [6.45, 7) is 0. The van der Waals surface area contributed by atoms with E-state index in [4.69, 9.17) is 0 Å². The van der Waals surface area contributed by atoms with E-state index < -0.39 is 46.0 Å². The molecule has 0 aliphatic heterocycles. The maximum absolute atomic E-state index is 10.8. The highest BCUT2D eigenvalue weighted by Crippen LogP contribution is 2.52. The van der Waals surface area contributed by atoms with E-state index in [2.05, 4.69) is 0 Å². The van der Waals surface area contributed by atoms with Gasteiger partial charge >= 0.3 is 0 Å². The highest BCUT2D eigenvalue weighted by atomic mass is 16.3. The van der Waals surface area contributed by atoms with Crippen molar-refractivity contribution in [3.63, 3.8) is 0 Å². The van der Waals surface area contributed by atoms with Gasteiger partial charge in [0.2, 0.25) is 0 Å².